The molecule has 0 aliphatic rings. The molecule has 2 rings (SSSR count). The molecule has 2 aromatic rings. The number of benzene rings is 2. The van der Waals surface area contributed by atoms with Crippen molar-refractivity contribution in [2.75, 3.05) is 20.3 Å². The maximum absolute atomic E-state index is 5.88. The van der Waals surface area contributed by atoms with Crippen LogP contribution < -0.4 is 14.8 Å². The van der Waals surface area contributed by atoms with Crippen LogP contribution in [0.4, 0.5) is 0 Å². The van der Waals surface area contributed by atoms with Crippen molar-refractivity contribution in [3.63, 3.8) is 0 Å². The van der Waals surface area contributed by atoms with E-state index in [2.05, 4.69) is 18.3 Å². The highest BCUT2D eigenvalue weighted by atomic mass is 16.5. The van der Waals surface area contributed by atoms with Crippen molar-refractivity contribution in [2.24, 2.45) is 0 Å². The van der Waals surface area contributed by atoms with Gasteiger partial charge in [-0.25, -0.2) is 0 Å². The largest absolute Gasteiger partial charge is 0.493 e. The van der Waals surface area contributed by atoms with E-state index >= 15 is 0 Å². The lowest BCUT2D eigenvalue weighted by molar-refractivity contribution is 0.245. The fourth-order valence-corrected chi connectivity index (χ4v) is 2.07. The van der Waals surface area contributed by atoms with E-state index in [-0.39, 0.29) is 6.04 Å². The highest BCUT2D eigenvalue weighted by molar-refractivity contribution is 5.35. The first-order valence-electron chi connectivity index (χ1n) is 7.38. The third kappa shape index (κ3) is 4.80. The summed E-state index contributed by atoms with van der Waals surface area (Å²) in [4.78, 5) is 0. The molecule has 1 N–H and O–H groups in total. The van der Waals surface area contributed by atoms with Crippen molar-refractivity contribution in [3.8, 4) is 11.5 Å². The monoisotopic (exact) mass is 285 g/mol. The Balaban J connectivity index is 1.76. The van der Waals surface area contributed by atoms with Crippen LogP contribution in [0.15, 0.2) is 54.6 Å². The first-order chi connectivity index (χ1) is 10.3. The molecule has 0 bridgehead atoms. The third-order valence-corrected chi connectivity index (χ3v) is 3.38. The van der Waals surface area contributed by atoms with Crippen LogP contribution in [0.1, 0.15) is 24.9 Å². The summed E-state index contributed by atoms with van der Waals surface area (Å²) in [6.45, 7) is 3.44. The fourth-order valence-electron chi connectivity index (χ4n) is 2.07. The highest BCUT2D eigenvalue weighted by Gasteiger charge is 2.08. The number of hydrogen-bond donors (Lipinski definition) is 1. The van der Waals surface area contributed by atoms with Crippen molar-refractivity contribution in [3.05, 3.63) is 60.2 Å². The summed E-state index contributed by atoms with van der Waals surface area (Å²) < 4.78 is 11.5. The molecular formula is C18H23NO2. The van der Waals surface area contributed by atoms with Gasteiger partial charge >= 0.3 is 0 Å². The van der Waals surface area contributed by atoms with Crippen molar-refractivity contribution in [2.45, 2.75) is 19.4 Å². The quantitative estimate of drug-likeness (QED) is 0.748. The summed E-state index contributed by atoms with van der Waals surface area (Å²) >= 11 is 0. The van der Waals surface area contributed by atoms with Crippen molar-refractivity contribution < 1.29 is 9.47 Å². The van der Waals surface area contributed by atoms with E-state index in [1.165, 1.54) is 5.56 Å². The maximum Gasteiger partial charge on any atom is 0.124 e. The molecule has 0 heterocycles. The molecule has 0 saturated heterocycles. The van der Waals surface area contributed by atoms with Crippen LogP contribution in [0, 0.1) is 0 Å². The lowest BCUT2D eigenvalue weighted by atomic mass is 10.1. The average molecular weight is 285 g/mol. The second kappa shape index (κ2) is 8.32. The summed E-state index contributed by atoms with van der Waals surface area (Å²) in [7, 11) is 1.95. The first-order valence-corrected chi connectivity index (χ1v) is 7.38. The third-order valence-electron chi connectivity index (χ3n) is 3.38. The minimum absolute atomic E-state index is 0.279. The predicted octanol–water partition coefficient (Wildman–Crippen LogP) is 3.81. The molecule has 2 aromatic carbocycles. The van der Waals surface area contributed by atoms with Crippen molar-refractivity contribution in [1.82, 2.24) is 5.32 Å². The maximum atomic E-state index is 5.88. The van der Waals surface area contributed by atoms with E-state index in [1.807, 2.05) is 55.6 Å². The van der Waals surface area contributed by atoms with Crippen molar-refractivity contribution in [1.29, 1.82) is 0 Å². The van der Waals surface area contributed by atoms with E-state index < -0.39 is 0 Å². The number of ether oxygens (including phenoxy) is 2. The molecule has 0 aliphatic heterocycles. The number of rotatable bonds is 8. The molecule has 3 heteroatoms. The van der Waals surface area contributed by atoms with Crippen molar-refractivity contribution >= 4 is 0 Å². The van der Waals surface area contributed by atoms with E-state index in [9.17, 15) is 0 Å². The van der Waals surface area contributed by atoms with Crippen LogP contribution in [-0.2, 0) is 0 Å². The van der Waals surface area contributed by atoms with E-state index in [4.69, 9.17) is 9.47 Å². The van der Waals surface area contributed by atoms with Crippen LogP contribution in [0.3, 0.4) is 0 Å². The smallest absolute Gasteiger partial charge is 0.124 e. The van der Waals surface area contributed by atoms with Crippen LogP contribution in [0.5, 0.6) is 11.5 Å². The second-order valence-corrected chi connectivity index (χ2v) is 4.91. The van der Waals surface area contributed by atoms with E-state index in [0.717, 1.165) is 17.9 Å². The Bertz CT molecular complexity index is 528. The zero-order chi connectivity index (χ0) is 14.9. The van der Waals surface area contributed by atoms with Crippen LogP contribution in [0.25, 0.3) is 0 Å². The summed E-state index contributed by atoms with van der Waals surface area (Å²) in [6.07, 6.45) is 0.858. The zero-order valence-corrected chi connectivity index (χ0v) is 12.7. The predicted molar refractivity (Wildman–Crippen MR) is 86.0 cm³/mol. The molecule has 0 spiro atoms. The summed E-state index contributed by atoms with van der Waals surface area (Å²) in [5, 5.41) is 3.24. The first kappa shape index (κ1) is 15.4. The molecule has 0 amide bonds. The molecule has 0 fully saturated rings. The number of hydrogen-bond acceptors (Lipinski definition) is 3. The second-order valence-electron chi connectivity index (χ2n) is 4.91. The van der Waals surface area contributed by atoms with Gasteiger partial charge in [0.15, 0.2) is 0 Å². The zero-order valence-electron chi connectivity index (χ0n) is 12.7. The van der Waals surface area contributed by atoms with Gasteiger partial charge in [0.05, 0.1) is 13.2 Å². The molecule has 21 heavy (non-hydrogen) atoms. The summed E-state index contributed by atoms with van der Waals surface area (Å²) in [5.41, 5.74) is 1.18. The lowest BCUT2D eigenvalue weighted by Crippen LogP contribution is -2.14. The lowest BCUT2D eigenvalue weighted by Gasteiger charge is -2.16. The minimum atomic E-state index is 0.279. The van der Waals surface area contributed by atoms with Gasteiger partial charge in [-0.3, -0.25) is 0 Å². The Kier molecular flexibility index (Phi) is 6.10. The molecule has 0 radical (unpaired) electrons. The van der Waals surface area contributed by atoms with E-state index in [1.54, 1.807) is 0 Å². The Hall–Kier alpha value is -2.00. The SMILES string of the molecule is CNC(C)c1ccccc1OCCCOc1ccccc1. The highest BCUT2D eigenvalue weighted by Crippen LogP contribution is 2.24. The van der Waals surface area contributed by atoms with E-state index in [0.29, 0.717) is 13.2 Å². The van der Waals surface area contributed by atoms with Crippen LogP contribution in [-0.4, -0.2) is 20.3 Å². The van der Waals surface area contributed by atoms with Crippen LogP contribution >= 0.6 is 0 Å². The van der Waals surface area contributed by atoms with Crippen LogP contribution in [0.2, 0.25) is 0 Å². The van der Waals surface area contributed by atoms with Gasteiger partial charge in [-0.1, -0.05) is 36.4 Å². The summed E-state index contributed by atoms with van der Waals surface area (Å²) in [6, 6.07) is 18.3. The Labute approximate surface area is 126 Å². The molecule has 112 valence electrons. The fraction of sp³-hybridized carbons (Fsp3) is 0.333. The molecule has 0 aromatic heterocycles. The molecule has 0 saturated carbocycles. The average Bonchev–Trinajstić information content (AvgIpc) is 2.55. The van der Waals surface area contributed by atoms with Gasteiger partial charge in [-0.05, 0) is 32.2 Å². The number of para-hydroxylation sites is 2. The molecule has 0 aliphatic carbocycles. The molecule has 3 nitrogen and oxygen atoms in total. The normalized spacial score (nSPS) is 11.9. The van der Waals surface area contributed by atoms with Gasteiger partial charge in [-0.2, -0.15) is 0 Å². The minimum Gasteiger partial charge on any atom is -0.493 e. The van der Waals surface area contributed by atoms with Gasteiger partial charge in [0.25, 0.3) is 0 Å². The molecule has 1 unspecified atom stereocenters. The molecular weight excluding hydrogens is 262 g/mol. The van der Waals surface area contributed by atoms with Gasteiger partial charge in [-0.15, -0.1) is 0 Å². The molecule has 1 atom stereocenters. The Morgan fingerprint density at radius 2 is 1.57 bits per heavy atom. The van der Waals surface area contributed by atoms with Gasteiger partial charge in [0, 0.05) is 18.0 Å². The Morgan fingerprint density at radius 1 is 0.905 bits per heavy atom. The Morgan fingerprint density at radius 3 is 2.33 bits per heavy atom. The topological polar surface area (TPSA) is 30.5 Å². The summed E-state index contributed by atoms with van der Waals surface area (Å²) in [5.74, 6) is 1.85. The van der Waals surface area contributed by atoms with Gasteiger partial charge in [0.1, 0.15) is 11.5 Å². The van der Waals surface area contributed by atoms with Gasteiger partial charge in [0.2, 0.25) is 0 Å². The number of nitrogens with one attached hydrogen (secondary N) is 1. The van der Waals surface area contributed by atoms with Gasteiger partial charge < -0.3 is 14.8 Å². The standard InChI is InChI=1S/C18H23NO2/c1-15(19-2)17-11-6-7-12-18(17)21-14-8-13-20-16-9-4-3-5-10-16/h3-7,9-12,15,19H,8,13-14H2,1-2H3.